The minimum atomic E-state index is 0.553. The molecule has 1 rings (SSSR count). The lowest BCUT2D eigenvalue weighted by Gasteiger charge is -1.90. The van der Waals surface area contributed by atoms with Crippen LogP contribution in [0.5, 0.6) is 0 Å². The maximum atomic E-state index is 5.63. The van der Waals surface area contributed by atoms with Crippen molar-refractivity contribution >= 4 is 43.5 Å². The van der Waals surface area contributed by atoms with E-state index in [2.05, 4.69) is 42.1 Å². The van der Waals surface area contributed by atoms with Crippen molar-refractivity contribution in [1.29, 1.82) is 0 Å². The van der Waals surface area contributed by atoms with Crippen LogP contribution < -0.4 is 0 Å². The van der Waals surface area contributed by atoms with Crippen molar-refractivity contribution in [2.45, 2.75) is 0 Å². The van der Waals surface area contributed by atoms with Crippen LogP contribution in [0.15, 0.2) is 15.3 Å². The van der Waals surface area contributed by atoms with Gasteiger partial charge in [-0.3, -0.25) is 0 Å². The topological polar surface area (TPSA) is 25.8 Å². The molecule has 1 aromatic heterocycles. The van der Waals surface area contributed by atoms with E-state index in [0.29, 0.717) is 14.2 Å². The Morgan fingerprint density at radius 2 is 2.00 bits per heavy atom. The first-order valence-corrected chi connectivity index (χ1v) is 4.01. The smallest absolute Gasteiger partial charge is 0.142 e. The third kappa shape index (κ3) is 1.88. The van der Waals surface area contributed by atoms with Crippen molar-refractivity contribution in [1.82, 2.24) is 10.2 Å². The van der Waals surface area contributed by atoms with Gasteiger partial charge in [0, 0.05) is 0 Å². The summed E-state index contributed by atoms with van der Waals surface area (Å²) in [5.41, 5.74) is 0. The lowest BCUT2D eigenvalue weighted by molar-refractivity contribution is 0.981. The van der Waals surface area contributed by atoms with Gasteiger partial charge in [0.2, 0.25) is 0 Å². The first-order chi connectivity index (χ1) is 4.20. The first-order valence-electron chi connectivity index (χ1n) is 2.04. The van der Waals surface area contributed by atoms with Crippen LogP contribution in [0.25, 0.3) is 0 Å². The lowest BCUT2D eigenvalue weighted by atomic mass is 10.6. The normalized spacial score (nSPS) is 9.67. The molecule has 5 heteroatoms. The number of aromatic nitrogens is 2. The quantitative estimate of drug-likeness (QED) is 0.725. The van der Waals surface area contributed by atoms with Crippen LogP contribution in [0.3, 0.4) is 0 Å². The van der Waals surface area contributed by atoms with Gasteiger partial charge in [-0.05, 0) is 37.9 Å². The predicted molar refractivity (Wildman–Crippen MR) is 42.4 cm³/mol. The molecular formula is C4HBr2ClN2. The third-order valence-electron chi connectivity index (χ3n) is 0.676. The Kier molecular flexibility index (Phi) is 2.43. The highest BCUT2D eigenvalue weighted by Gasteiger charge is 1.97. The Morgan fingerprint density at radius 3 is 2.44 bits per heavy atom. The molecule has 0 atom stereocenters. The molecule has 0 unspecified atom stereocenters. The fraction of sp³-hybridized carbons (Fsp3) is 0. The molecule has 0 saturated heterocycles. The largest absolute Gasteiger partial charge is 0.147 e. The molecule has 9 heavy (non-hydrogen) atoms. The number of hydrogen-bond acceptors (Lipinski definition) is 2. The van der Waals surface area contributed by atoms with Gasteiger partial charge in [-0.25, -0.2) is 0 Å². The second kappa shape index (κ2) is 2.94. The summed E-state index contributed by atoms with van der Waals surface area (Å²) in [6.45, 7) is 0. The van der Waals surface area contributed by atoms with Gasteiger partial charge in [-0.1, -0.05) is 11.6 Å². The molecule has 0 amide bonds. The Morgan fingerprint density at radius 1 is 1.33 bits per heavy atom. The SMILES string of the molecule is Clc1cc(Br)nnc1Br. The van der Waals surface area contributed by atoms with Gasteiger partial charge in [0.25, 0.3) is 0 Å². The molecule has 0 spiro atoms. The molecule has 0 aliphatic carbocycles. The van der Waals surface area contributed by atoms with Crippen LogP contribution in [0.4, 0.5) is 0 Å². The Bertz CT molecular complexity index is 228. The van der Waals surface area contributed by atoms with E-state index < -0.39 is 0 Å². The fourth-order valence-electron chi connectivity index (χ4n) is 0.332. The van der Waals surface area contributed by atoms with E-state index in [1.54, 1.807) is 6.07 Å². The molecule has 1 aromatic rings. The van der Waals surface area contributed by atoms with Gasteiger partial charge in [-0.2, -0.15) is 0 Å². The third-order valence-corrected chi connectivity index (χ3v) is 2.17. The summed E-state index contributed by atoms with van der Waals surface area (Å²) >= 11 is 11.9. The zero-order valence-corrected chi connectivity index (χ0v) is 8.03. The minimum absolute atomic E-state index is 0.553. The summed E-state index contributed by atoms with van der Waals surface area (Å²) in [5, 5.41) is 7.89. The maximum absolute atomic E-state index is 5.63. The van der Waals surface area contributed by atoms with Crippen LogP contribution in [-0.4, -0.2) is 10.2 Å². The highest BCUT2D eigenvalue weighted by Crippen LogP contribution is 2.20. The van der Waals surface area contributed by atoms with Crippen molar-refractivity contribution < 1.29 is 0 Å². The van der Waals surface area contributed by atoms with Crippen LogP contribution in [0, 0.1) is 0 Å². The lowest BCUT2D eigenvalue weighted by Crippen LogP contribution is -1.82. The number of halogens is 3. The maximum Gasteiger partial charge on any atom is 0.147 e. The van der Waals surface area contributed by atoms with Crippen molar-refractivity contribution in [3.05, 3.63) is 20.3 Å². The van der Waals surface area contributed by atoms with Gasteiger partial charge in [0.1, 0.15) is 9.21 Å². The van der Waals surface area contributed by atoms with Gasteiger partial charge in [0.15, 0.2) is 0 Å². The molecule has 0 aliphatic heterocycles. The molecule has 0 N–H and O–H groups in total. The van der Waals surface area contributed by atoms with E-state index in [9.17, 15) is 0 Å². The molecule has 0 fully saturated rings. The van der Waals surface area contributed by atoms with Crippen molar-refractivity contribution in [3.63, 3.8) is 0 Å². The summed E-state index contributed by atoms with van der Waals surface area (Å²) in [6, 6.07) is 1.67. The standard InChI is InChI=1S/C4HBr2ClN2/c5-3-1-2(7)4(6)9-8-3/h1H. The molecule has 48 valence electrons. The molecule has 0 bridgehead atoms. The van der Waals surface area contributed by atoms with Gasteiger partial charge in [-0.15, -0.1) is 10.2 Å². The monoisotopic (exact) mass is 270 g/mol. The summed E-state index contributed by atoms with van der Waals surface area (Å²) in [4.78, 5) is 0. The van der Waals surface area contributed by atoms with E-state index in [4.69, 9.17) is 11.6 Å². The van der Waals surface area contributed by atoms with Gasteiger partial charge in [0.05, 0.1) is 5.02 Å². The molecule has 0 aliphatic rings. The first kappa shape index (κ1) is 7.44. The number of rotatable bonds is 0. The molecule has 2 nitrogen and oxygen atoms in total. The highest BCUT2D eigenvalue weighted by molar-refractivity contribution is 9.10. The van der Waals surface area contributed by atoms with Crippen molar-refractivity contribution in [2.75, 3.05) is 0 Å². The average Bonchev–Trinajstić information content (AvgIpc) is 1.80. The predicted octanol–water partition coefficient (Wildman–Crippen LogP) is 2.66. The summed E-state index contributed by atoms with van der Waals surface area (Å²) in [5.74, 6) is 0. The van der Waals surface area contributed by atoms with E-state index in [0.717, 1.165) is 0 Å². The zero-order valence-electron chi connectivity index (χ0n) is 4.11. The van der Waals surface area contributed by atoms with E-state index >= 15 is 0 Å². The second-order valence-electron chi connectivity index (χ2n) is 1.31. The molecule has 0 saturated carbocycles. The van der Waals surface area contributed by atoms with Crippen LogP contribution in [0.1, 0.15) is 0 Å². The summed E-state index contributed by atoms with van der Waals surface area (Å²) < 4.78 is 1.20. The van der Waals surface area contributed by atoms with Crippen molar-refractivity contribution in [3.8, 4) is 0 Å². The van der Waals surface area contributed by atoms with Crippen LogP contribution >= 0.6 is 43.5 Å². The Labute approximate surface area is 73.9 Å². The summed E-state index contributed by atoms with van der Waals surface area (Å²) in [7, 11) is 0. The van der Waals surface area contributed by atoms with Crippen molar-refractivity contribution in [2.24, 2.45) is 0 Å². The van der Waals surface area contributed by atoms with Crippen LogP contribution in [0.2, 0.25) is 5.02 Å². The molecule has 1 heterocycles. The van der Waals surface area contributed by atoms with E-state index in [1.807, 2.05) is 0 Å². The second-order valence-corrected chi connectivity index (χ2v) is 3.28. The fourth-order valence-corrected chi connectivity index (χ4v) is 1.11. The molecule has 0 radical (unpaired) electrons. The molecule has 0 aromatic carbocycles. The van der Waals surface area contributed by atoms with Crippen LogP contribution in [-0.2, 0) is 0 Å². The summed E-state index contributed by atoms with van der Waals surface area (Å²) in [6.07, 6.45) is 0. The highest BCUT2D eigenvalue weighted by atomic mass is 79.9. The zero-order chi connectivity index (χ0) is 6.85. The average molecular weight is 272 g/mol. The van der Waals surface area contributed by atoms with E-state index in [1.165, 1.54) is 0 Å². The Hall–Kier alpha value is 0.330. The molecular weight excluding hydrogens is 271 g/mol. The van der Waals surface area contributed by atoms with Gasteiger partial charge >= 0.3 is 0 Å². The Balaban J connectivity index is 3.17. The number of nitrogens with zero attached hydrogens (tertiary/aromatic N) is 2. The number of hydrogen-bond donors (Lipinski definition) is 0. The van der Waals surface area contributed by atoms with E-state index in [-0.39, 0.29) is 0 Å². The van der Waals surface area contributed by atoms with Gasteiger partial charge < -0.3 is 0 Å². The minimum Gasteiger partial charge on any atom is -0.142 e.